The predicted octanol–water partition coefficient (Wildman–Crippen LogP) is 4.02. The van der Waals surface area contributed by atoms with Crippen LogP contribution in [0.3, 0.4) is 0 Å². The number of carbonyl (C=O) groups excluding carboxylic acids is 2. The third kappa shape index (κ3) is 4.03. The standard InChI is InChI=1S/C18H13F3N2O3S/c1-2-9-23-16(24)14(13-4-3-10-27-13)15(17(23)25)22-11-5-7-12(8-6-11)26-18(19,20)21/h2-8,10,22H,1,9H2. The Hall–Kier alpha value is -3.07. The minimum absolute atomic E-state index is 0.0517. The van der Waals surface area contributed by atoms with Crippen LogP contribution in [0.4, 0.5) is 18.9 Å². The largest absolute Gasteiger partial charge is 0.573 e. The molecule has 2 aromatic rings. The number of alkyl halides is 3. The highest BCUT2D eigenvalue weighted by Crippen LogP contribution is 2.33. The van der Waals surface area contributed by atoms with Gasteiger partial charge in [0.05, 0.1) is 5.57 Å². The SMILES string of the molecule is C=CCN1C(=O)C(Nc2ccc(OC(F)(F)F)cc2)=C(c2cccs2)C1=O. The van der Waals surface area contributed by atoms with Crippen LogP contribution < -0.4 is 10.1 Å². The number of rotatable bonds is 6. The van der Waals surface area contributed by atoms with Crippen LogP contribution in [0.5, 0.6) is 5.75 Å². The van der Waals surface area contributed by atoms with Crippen molar-refractivity contribution in [3.8, 4) is 5.75 Å². The fraction of sp³-hybridized carbons (Fsp3) is 0.111. The summed E-state index contributed by atoms with van der Waals surface area (Å²) >= 11 is 1.30. The quantitative estimate of drug-likeness (QED) is 0.594. The molecule has 0 fully saturated rings. The Balaban J connectivity index is 1.91. The number of hydrogen-bond acceptors (Lipinski definition) is 5. The number of nitrogens with zero attached hydrogens (tertiary/aromatic N) is 1. The van der Waals surface area contributed by atoms with Gasteiger partial charge in [-0.05, 0) is 35.7 Å². The average molecular weight is 394 g/mol. The van der Waals surface area contributed by atoms with Crippen molar-refractivity contribution in [2.45, 2.75) is 6.36 Å². The zero-order valence-corrected chi connectivity index (χ0v) is 14.6. The maximum Gasteiger partial charge on any atom is 0.573 e. The van der Waals surface area contributed by atoms with Crippen LogP contribution in [0.15, 0.2) is 60.1 Å². The van der Waals surface area contributed by atoms with E-state index in [0.717, 1.165) is 17.0 Å². The zero-order chi connectivity index (χ0) is 19.6. The van der Waals surface area contributed by atoms with E-state index in [1.807, 2.05) is 0 Å². The topological polar surface area (TPSA) is 58.6 Å². The Morgan fingerprint density at radius 1 is 1.15 bits per heavy atom. The normalized spacial score (nSPS) is 14.7. The van der Waals surface area contributed by atoms with Gasteiger partial charge in [0.2, 0.25) is 0 Å². The molecule has 140 valence electrons. The molecule has 1 aromatic heterocycles. The molecule has 9 heteroatoms. The number of thiophene rings is 1. The van der Waals surface area contributed by atoms with Crippen molar-refractivity contribution < 1.29 is 27.5 Å². The van der Waals surface area contributed by atoms with Crippen LogP contribution >= 0.6 is 11.3 Å². The molecule has 0 spiro atoms. The molecule has 0 bridgehead atoms. The minimum Gasteiger partial charge on any atom is -0.406 e. The monoisotopic (exact) mass is 394 g/mol. The second-order valence-corrected chi connectivity index (χ2v) is 6.38. The van der Waals surface area contributed by atoms with Gasteiger partial charge in [0.25, 0.3) is 11.8 Å². The lowest BCUT2D eigenvalue weighted by molar-refractivity contribution is -0.274. The molecular formula is C18H13F3N2O3S. The van der Waals surface area contributed by atoms with Gasteiger partial charge in [-0.2, -0.15) is 0 Å². The second kappa shape index (κ2) is 7.28. The number of imide groups is 1. The van der Waals surface area contributed by atoms with Gasteiger partial charge in [-0.1, -0.05) is 12.1 Å². The molecule has 27 heavy (non-hydrogen) atoms. The molecular weight excluding hydrogens is 381 g/mol. The van der Waals surface area contributed by atoms with Crippen molar-refractivity contribution in [2.24, 2.45) is 0 Å². The number of halogens is 3. The number of amides is 2. The summed E-state index contributed by atoms with van der Waals surface area (Å²) in [5, 5.41) is 4.62. The summed E-state index contributed by atoms with van der Waals surface area (Å²) in [6, 6.07) is 8.35. The van der Waals surface area contributed by atoms with E-state index in [2.05, 4.69) is 16.6 Å². The lowest BCUT2D eigenvalue weighted by atomic mass is 10.2. The maximum atomic E-state index is 12.6. The third-order valence-electron chi connectivity index (χ3n) is 3.60. The highest BCUT2D eigenvalue weighted by molar-refractivity contribution is 7.11. The van der Waals surface area contributed by atoms with Crippen molar-refractivity contribution in [1.29, 1.82) is 0 Å². The van der Waals surface area contributed by atoms with Gasteiger partial charge in [0.1, 0.15) is 11.4 Å². The minimum atomic E-state index is -4.79. The molecule has 0 aliphatic carbocycles. The van der Waals surface area contributed by atoms with Crippen LogP contribution in [0, 0.1) is 0 Å². The predicted molar refractivity (Wildman–Crippen MR) is 94.9 cm³/mol. The summed E-state index contributed by atoms with van der Waals surface area (Å²) in [6.07, 6.45) is -3.35. The first kappa shape index (κ1) is 18.7. The lowest BCUT2D eigenvalue weighted by Gasteiger charge is -2.13. The summed E-state index contributed by atoms with van der Waals surface area (Å²) in [5.74, 6) is -1.37. The molecule has 1 N–H and O–H groups in total. The number of carbonyl (C=O) groups is 2. The molecule has 0 unspecified atom stereocenters. The van der Waals surface area contributed by atoms with E-state index >= 15 is 0 Å². The summed E-state index contributed by atoms with van der Waals surface area (Å²) in [6.45, 7) is 3.59. The first-order valence-corrected chi connectivity index (χ1v) is 8.56. The van der Waals surface area contributed by atoms with Crippen molar-refractivity contribution >= 4 is 34.4 Å². The van der Waals surface area contributed by atoms with E-state index in [1.54, 1.807) is 17.5 Å². The van der Waals surface area contributed by atoms with E-state index < -0.39 is 18.2 Å². The smallest absolute Gasteiger partial charge is 0.406 e. The van der Waals surface area contributed by atoms with E-state index in [0.29, 0.717) is 10.6 Å². The van der Waals surface area contributed by atoms with Gasteiger partial charge in [-0.15, -0.1) is 31.1 Å². The van der Waals surface area contributed by atoms with Crippen molar-refractivity contribution in [1.82, 2.24) is 4.90 Å². The molecule has 0 radical (unpaired) electrons. The molecule has 2 heterocycles. The average Bonchev–Trinajstić information content (AvgIpc) is 3.19. The maximum absolute atomic E-state index is 12.6. The molecule has 1 aliphatic heterocycles. The number of hydrogen-bond donors (Lipinski definition) is 1. The molecule has 0 saturated heterocycles. The van der Waals surface area contributed by atoms with E-state index in [-0.39, 0.29) is 23.6 Å². The molecule has 5 nitrogen and oxygen atoms in total. The van der Waals surface area contributed by atoms with Gasteiger partial charge in [-0.3, -0.25) is 14.5 Å². The third-order valence-corrected chi connectivity index (χ3v) is 4.49. The van der Waals surface area contributed by atoms with Crippen LogP contribution in [0.25, 0.3) is 5.57 Å². The highest BCUT2D eigenvalue weighted by atomic mass is 32.1. The molecule has 0 atom stereocenters. The number of benzene rings is 1. The van der Waals surface area contributed by atoms with Crippen LogP contribution in [-0.4, -0.2) is 29.6 Å². The molecule has 3 rings (SSSR count). The van der Waals surface area contributed by atoms with E-state index in [9.17, 15) is 22.8 Å². The fourth-order valence-corrected chi connectivity index (χ4v) is 3.29. The van der Waals surface area contributed by atoms with Crippen LogP contribution in [-0.2, 0) is 9.59 Å². The molecule has 0 saturated carbocycles. The molecule has 2 amide bonds. The zero-order valence-electron chi connectivity index (χ0n) is 13.7. The summed E-state index contributed by atoms with van der Waals surface area (Å²) in [5.41, 5.74) is 0.622. The fourth-order valence-electron chi connectivity index (χ4n) is 2.52. The van der Waals surface area contributed by atoms with Gasteiger partial charge < -0.3 is 10.1 Å². The Morgan fingerprint density at radius 3 is 2.41 bits per heavy atom. The lowest BCUT2D eigenvalue weighted by Crippen LogP contribution is -2.32. The summed E-state index contributed by atoms with van der Waals surface area (Å²) in [7, 11) is 0. The van der Waals surface area contributed by atoms with Crippen LogP contribution in [0.1, 0.15) is 4.88 Å². The van der Waals surface area contributed by atoms with Gasteiger partial charge >= 0.3 is 6.36 Å². The molecule has 1 aliphatic rings. The van der Waals surface area contributed by atoms with Gasteiger partial charge in [-0.25, -0.2) is 0 Å². The highest BCUT2D eigenvalue weighted by Gasteiger charge is 2.39. The Morgan fingerprint density at radius 2 is 1.85 bits per heavy atom. The summed E-state index contributed by atoms with van der Waals surface area (Å²) in [4.78, 5) is 26.9. The Labute approximate surface area is 156 Å². The number of anilines is 1. The van der Waals surface area contributed by atoms with Gasteiger partial charge in [0.15, 0.2) is 0 Å². The van der Waals surface area contributed by atoms with E-state index in [4.69, 9.17) is 0 Å². The first-order valence-electron chi connectivity index (χ1n) is 7.68. The Kier molecular flexibility index (Phi) is 5.04. The number of nitrogens with one attached hydrogen (secondary N) is 1. The van der Waals surface area contributed by atoms with Gasteiger partial charge in [0, 0.05) is 17.1 Å². The summed E-state index contributed by atoms with van der Waals surface area (Å²) < 4.78 is 40.6. The van der Waals surface area contributed by atoms with Crippen molar-refractivity contribution in [3.63, 3.8) is 0 Å². The second-order valence-electron chi connectivity index (χ2n) is 5.43. The molecule has 1 aromatic carbocycles. The van der Waals surface area contributed by atoms with E-state index in [1.165, 1.54) is 29.5 Å². The number of ether oxygens (including phenoxy) is 1. The Bertz CT molecular complexity index is 903. The van der Waals surface area contributed by atoms with Crippen molar-refractivity contribution in [3.05, 3.63) is 65.0 Å². The first-order chi connectivity index (χ1) is 12.8. The van der Waals surface area contributed by atoms with Crippen LogP contribution in [0.2, 0.25) is 0 Å². The van der Waals surface area contributed by atoms with Crippen molar-refractivity contribution in [2.75, 3.05) is 11.9 Å².